The molecule has 1 aromatic carbocycles. The van der Waals surface area contributed by atoms with Crippen LogP contribution in [-0.2, 0) is 9.53 Å². The number of hydrogen-bond donors (Lipinski definition) is 1. The number of carbonyl (C=O) groups excluding carboxylic acids is 1. The number of hydrogen-bond acceptors (Lipinski definition) is 4. The predicted octanol–water partition coefficient (Wildman–Crippen LogP) is 2.21. The van der Waals surface area contributed by atoms with Crippen LogP contribution in [0.1, 0.15) is 31.4 Å². The monoisotopic (exact) mass is 256 g/mol. The van der Waals surface area contributed by atoms with Crippen LogP contribution in [0.2, 0.25) is 0 Å². The fourth-order valence-corrected chi connectivity index (χ4v) is 1.45. The first-order chi connectivity index (χ1) is 8.54. The zero-order valence-corrected chi connectivity index (χ0v) is 10.5. The van der Waals surface area contributed by atoms with Gasteiger partial charge < -0.3 is 14.6 Å². The van der Waals surface area contributed by atoms with Gasteiger partial charge in [-0.2, -0.15) is 0 Å². The van der Waals surface area contributed by atoms with Gasteiger partial charge >= 0.3 is 5.97 Å². The van der Waals surface area contributed by atoms with Crippen LogP contribution in [0.25, 0.3) is 0 Å². The zero-order chi connectivity index (χ0) is 13.5. The van der Waals surface area contributed by atoms with Crippen molar-refractivity contribution in [3.8, 4) is 5.75 Å². The predicted molar refractivity (Wildman–Crippen MR) is 63.8 cm³/mol. The van der Waals surface area contributed by atoms with Gasteiger partial charge in [0, 0.05) is 18.1 Å². The van der Waals surface area contributed by atoms with E-state index in [1.807, 2.05) is 0 Å². The standard InChI is InChI=1S/C13H17FO4/c1-9(15)11-6-5-10(8-12(11)14)18-7-3-4-13(16)17-2/h5-6,8-9,15H,3-4,7H2,1-2H3/t9-/m1/s1. The molecule has 4 nitrogen and oxygen atoms in total. The van der Waals surface area contributed by atoms with Gasteiger partial charge in [-0.1, -0.05) is 0 Å². The van der Waals surface area contributed by atoms with Crippen molar-refractivity contribution in [3.05, 3.63) is 29.6 Å². The summed E-state index contributed by atoms with van der Waals surface area (Å²) in [5.74, 6) is -0.425. The molecule has 0 aliphatic carbocycles. The van der Waals surface area contributed by atoms with Crippen molar-refractivity contribution in [1.82, 2.24) is 0 Å². The van der Waals surface area contributed by atoms with Gasteiger partial charge in [-0.15, -0.1) is 0 Å². The summed E-state index contributed by atoms with van der Waals surface area (Å²) >= 11 is 0. The molecule has 1 aromatic rings. The second-order valence-electron chi connectivity index (χ2n) is 3.89. The lowest BCUT2D eigenvalue weighted by Crippen LogP contribution is -2.05. The van der Waals surface area contributed by atoms with E-state index in [1.165, 1.54) is 26.2 Å². The molecule has 0 saturated heterocycles. The van der Waals surface area contributed by atoms with E-state index in [9.17, 15) is 14.3 Å². The highest BCUT2D eigenvalue weighted by Crippen LogP contribution is 2.21. The zero-order valence-electron chi connectivity index (χ0n) is 10.5. The molecule has 0 bridgehead atoms. The third-order valence-electron chi connectivity index (χ3n) is 2.44. The molecule has 0 aliphatic heterocycles. The van der Waals surface area contributed by atoms with E-state index in [0.717, 1.165) is 0 Å². The van der Waals surface area contributed by atoms with E-state index >= 15 is 0 Å². The van der Waals surface area contributed by atoms with Crippen LogP contribution in [0.5, 0.6) is 5.75 Å². The Labute approximate surface area is 105 Å². The highest BCUT2D eigenvalue weighted by atomic mass is 19.1. The van der Waals surface area contributed by atoms with Crippen LogP contribution in [0.15, 0.2) is 18.2 Å². The van der Waals surface area contributed by atoms with Gasteiger partial charge in [0.25, 0.3) is 0 Å². The molecule has 0 unspecified atom stereocenters. The van der Waals surface area contributed by atoms with Crippen molar-refractivity contribution in [2.75, 3.05) is 13.7 Å². The summed E-state index contributed by atoms with van der Waals surface area (Å²) in [5, 5.41) is 9.27. The van der Waals surface area contributed by atoms with Gasteiger partial charge in [-0.25, -0.2) is 4.39 Å². The van der Waals surface area contributed by atoms with E-state index in [0.29, 0.717) is 18.8 Å². The first kappa shape index (κ1) is 14.4. The third kappa shape index (κ3) is 4.33. The first-order valence-corrected chi connectivity index (χ1v) is 5.71. The Kier molecular flexibility index (Phi) is 5.58. The van der Waals surface area contributed by atoms with Crippen molar-refractivity contribution < 1.29 is 23.8 Å². The Morgan fingerprint density at radius 1 is 1.50 bits per heavy atom. The Bertz CT molecular complexity index is 404. The van der Waals surface area contributed by atoms with Crippen molar-refractivity contribution >= 4 is 5.97 Å². The number of methoxy groups -OCH3 is 1. The average Bonchev–Trinajstić information content (AvgIpc) is 2.34. The number of aliphatic hydroxyl groups is 1. The molecule has 1 N–H and O–H groups in total. The van der Waals surface area contributed by atoms with Crippen molar-refractivity contribution in [3.63, 3.8) is 0 Å². The van der Waals surface area contributed by atoms with E-state index < -0.39 is 11.9 Å². The summed E-state index contributed by atoms with van der Waals surface area (Å²) < 4.78 is 23.2. The van der Waals surface area contributed by atoms with Gasteiger partial charge in [-0.05, 0) is 25.5 Å². The molecular formula is C13H17FO4. The Hall–Kier alpha value is -1.62. The van der Waals surface area contributed by atoms with Gasteiger partial charge in [-0.3, -0.25) is 4.79 Å². The molecule has 18 heavy (non-hydrogen) atoms. The fourth-order valence-electron chi connectivity index (χ4n) is 1.45. The average molecular weight is 256 g/mol. The molecule has 0 fully saturated rings. The minimum absolute atomic E-state index is 0.233. The van der Waals surface area contributed by atoms with Crippen LogP contribution >= 0.6 is 0 Å². The summed E-state index contributed by atoms with van der Waals surface area (Å²) in [7, 11) is 1.33. The molecule has 100 valence electrons. The summed E-state index contributed by atoms with van der Waals surface area (Å²) in [6.45, 7) is 1.80. The molecule has 0 heterocycles. The van der Waals surface area contributed by atoms with Crippen LogP contribution in [0.3, 0.4) is 0 Å². The SMILES string of the molecule is COC(=O)CCCOc1ccc([C@@H](C)O)c(F)c1. The summed E-state index contributed by atoms with van der Waals surface area (Å²) in [6, 6.07) is 4.29. The molecule has 1 atom stereocenters. The normalized spacial score (nSPS) is 12.0. The van der Waals surface area contributed by atoms with E-state index in [-0.39, 0.29) is 18.0 Å². The number of benzene rings is 1. The minimum Gasteiger partial charge on any atom is -0.493 e. The topological polar surface area (TPSA) is 55.8 Å². The van der Waals surface area contributed by atoms with Crippen molar-refractivity contribution in [2.45, 2.75) is 25.9 Å². The molecule has 0 amide bonds. The quantitative estimate of drug-likeness (QED) is 0.626. The van der Waals surface area contributed by atoms with Crippen LogP contribution < -0.4 is 4.74 Å². The molecule has 5 heteroatoms. The molecule has 0 aliphatic rings. The number of esters is 1. The maximum absolute atomic E-state index is 13.5. The molecule has 0 saturated carbocycles. The van der Waals surface area contributed by atoms with Crippen LogP contribution in [-0.4, -0.2) is 24.8 Å². The number of aliphatic hydroxyl groups excluding tert-OH is 1. The van der Waals surface area contributed by atoms with E-state index in [1.54, 1.807) is 6.07 Å². The highest BCUT2D eigenvalue weighted by molar-refractivity contribution is 5.69. The van der Waals surface area contributed by atoms with Crippen molar-refractivity contribution in [1.29, 1.82) is 0 Å². The lowest BCUT2D eigenvalue weighted by molar-refractivity contribution is -0.140. The highest BCUT2D eigenvalue weighted by Gasteiger charge is 2.09. The Morgan fingerprint density at radius 3 is 2.78 bits per heavy atom. The Balaban J connectivity index is 2.44. The van der Waals surface area contributed by atoms with Gasteiger partial charge in [0.05, 0.1) is 19.8 Å². The fraction of sp³-hybridized carbons (Fsp3) is 0.462. The second-order valence-corrected chi connectivity index (χ2v) is 3.89. The Morgan fingerprint density at radius 2 is 2.22 bits per heavy atom. The maximum atomic E-state index is 13.5. The summed E-state index contributed by atoms with van der Waals surface area (Å²) in [6.07, 6.45) is -0.0737. The number of ether oxygens (including phenoxy) is 2. The molecule has 0 radical (unpaired) electrons. The van der Waals surface area contributed by atoms with Gasteiger partial charge in [0.1, 0.15) is 11.6 Å². The molecule has 1 rings (SSSR count). The van der Waals surface area contributed by atoms with Crippen LogP contribution in [0.4, 0.5) is 4.39 Å². The van der Waals surface area contributed by atoms with Gasteiger partial charge in [0.2, 0.25) is 0 Å². The van der Waals surface area contributed by atoms with Crippen molar-refractivity contribution in [2.24, 2.45) is 0 Å². The molecule has 0 aromatic heterocycles. The van der Waals surface area contributed by atoms with E-state index in [2.05, 4.69) is 4.74 Å². The summed E-state index contributed by atoms with van der Waals surface area (Å²) in [5.41, 5.74) is 0.233. The maximum Gasteiger partial charge on any atom is 0.305 e. The lowest BCUT2D eigenvalue weighted by Gasteiger charge is -2.09. The second kappa shape index (κ2) is 6.96. The first-order valence-electron chi connectivity index (χ1n) is 5.71. The summed E-state index contributed by atoms with van der Waals surface area (Å²) in [4.78, 5) is 10.8. The van der Waals surface area contributed by atoms with E-state index in [4.69, 9.17) is 4.74 Å². The minimum atomic E-state index is -0.849. The number of carbonyl (C=O) groups is 1. The molecular weight excluding hydrogens is 239 g/mol. The number of rotatable bonds is 6. The lowest BCUT2D eigenvalue weighted by atomic mass is 10.1. The number of halogens is 1. The largest absolute Gasteiger partial charge is 0.493 e. The van der Waals surface area contributed by atoms with Crippen LogP contribution in [0, 0.1) is 5.82 Å². The molecule has 0 spiro atoms. The smallest absolute Gasteiger partial charge is 0.305 e. The van der Waals surface area contributed by atoms with Gasteiger partial charge in [0.15, 0.2) is 0 Å². The third-order valence-corrected chi connectivity index (χ3v) is 2.44.